The Morgan fingerprint density at radius 2 is 2.18 bits per heavy atom. The highest BCUT2D eigenvalue weighted by Crippen LogP contribution is 2.25. The predicted molar refractivity (Wildman–Crippen MR) is 37.6 cm³/mol. The van der Waals surface area contributed by atoms with E-state index in [1.807, 2.05) is 7.05 Å². The average molecular weight is 154 g/mol. The molecule has 0 radical (unpaired) electrons. The zero-order valence-corrected chi connectivity index (χ0v) is 6.37. The molecule has 0 aromatic rings. The predicted octanol–water partition coefficient (Wildman–Crippen LogP) is -0.939. The maximum absolute atomic E-state index is 11.0. The van der Waals surface area contributed by atoms with Crippen LogP contribution in [0.25, 0.3) is 0 Å². The second kappa shape index (κ2) is 1.85. The van der Waals surface area contributed by atoms with E-state index in [0.717, 1.165) is 0 Å². The van der Waals surface area contributed by atoms with Crippen LogP contribution in [0.5, 0.6) is 0 Å². The Morgan fingerprint density at radius 1 is 1.45 bits per heavy atom. The van der Waals surface area contributed by atoms with Gasteiger partial charge in [-0.15, -0.1) is 0 Å². The Morgan fingerprint density at radius 3 is 2.82 bits per heavy atom. The number of hydrogen-bond acceptors (Lipinski definition) is 3. The van der Waals surface area contributed by atoms with E-state index in [9.17, 15) is 9.59 Å². The van der Waals surface area contributed by atoms with Gasteiger partial charge in [0.2, 0.25) is 0 Å². The average Bonchev–Trinajstić information content (AvgIpc) is 2.16. The first-order valence-corrected chi connectivity index (χ1v) is 3.65. The molecule has 0 saturated carbocycles. The Kier molecular flexibility index (Phi) is 1.15. The van der Waals surface area contributed by atoms with Crippen LogP contribution in [0, 0.1) is 0 Å². The van der Waals surface area contributed by atoms with Gasteiger partial charge in [-0.25, -0.2) is 4.79 Å². The minimum Gasteiger partial charge on any atom is -0.476 e. The van der Waals surface area contributed by atoms with Gasteiger partial charge in [-0.05, 0) is 0 Å². The summed E-state index contributed by atoms with van der Waals surface area (Å²) in [7, 11) is 1.70. The number of Topliss-reactive ketones (excluding diaryl/α,β-unsaturated/α-hetero) is 1. The van der Waals surface area contributed by atoms with E-state index >= 15 is 0 Å². The molecule has 0 aliphatic carbocycles. The topological polar surface area (TPSA) is 43.4 Å². The van der Waals surface area contributed by atoms with Crippen molar-refractivity contribution in [2.24, 2.45) is 0 Å². The third-order valence-electron chi connectivity index (χ3n) is 2.39. The quantitative estimate of drug-likeness (QED) is 0.423. The number of ketones is 1. The first-order valence-electron chi connectivity index (χ1n) is 3.65. The minimum atomic E-state index is -0.185. The third-order valence-corrected chi connectivity index (χ3v) is 2.39. The summed E-state index contributed by atoms with van der Waals surface area (Å²) < 4.78 is 5.44. The van der Waals surface area contributed by atoms with Crippen LogP contribution in [-0.2, 0) is 14.2 Å². The molecular formula is C6H9BNO3+. The Labute approximate surface area is 64.8 Å². The van der Waals surface area contributed by atoms with Crippen LogP contribution < -0.4 is 0 Å². The van der Waals surface area contributed by atoms with Crippen molar-refractivity contribution in [2.75, 3.05) is 20.1 Å². The van der Waals surface area contributed by atoms with Crippen LogP contribution in [0.3, 0.4) is 0 Å². The van der Waals surface area contributed by atoms with Gasteiger partial charge < -0.3 is 9.05 Å². The smallest absolute Gasteiger partial charge is 0.476 e. The maximum Gasteiger partial charge on any atom is 0.651 e. The largest absolute Gasteiger partial charge is 0.651 e. The van der Waals surface area contributed by atoms with Crippen LogP contribution >= 0.6 is 0 Å². The number of carbonyl (C=O) groups excluding carboxylic acids is 2. The van der Waals surface area contributed by atoms with Crippen molar-refractivity contribution in [3.63, 3.8) is 0 Å². The maximum atomic E-state index is 11.0. The SMILES string of the molecule is C[N+]12CC(=O)CB1OC(=O)C2. The van der Waals surface area contributed by atoms with E-state index in [4.69, 9.17) is 4.65 Å². The van der Waals surface area contributed by atoms with Crippen molar-refractivity contribution in [3.8, 4) is 0 Å². The lowest BCUT2D eigenvalue weighted by atomic mass is 9.78. The van der Waals surface area contributed by atoms with E-state index in [0.29, 0.717) is 23.8 Å². The van der Waals surface area contributed by atoms with Crippen molar-refractivity contribution in [1.29, 1.82) is 0 Å². The molecule has 5 heteroatoms. The van der Waals surface area contributed by atoms with E-state index in [1.54, 1.807) is 0 Å². The second-order valence-electron chi connectivity index (χ2n) is 3.48. The van der Waals surface area contributed by atoms with Gasteiger partial charge in [-0.3, -0.25) is 4.79 Å². The van der Waals surface area contributed by atoms with Crippen molar-refractivity contribution in [2.45, 2.75) is 6.32 Å². The number of fused-ring (bicyclic) bond motifs is 1. The molecule has 2 rings (SSSR count). The summed E-state index contributed by atoms with van der Waals surface area (Å²) in [5, 5.41) is 0. The fourth-order valence-electron chi connectivity index (χ4n) is 1.79. The molecule has 1 atom stereocenters. The van der Waals surface area contributed by atoms with Crippen LogP contribution in [-0.4, -0.2) is 43.3 Å². The Hall–Kier alpha value is -0.835. The summed E-state index contributed by atoms with van der Waals surface area (Å²) >= 11 is 0. The molecule has 0 aromatic heterocycles. The fraction of sp³-hybridized carbons (Fsp3) is 0.667. The number of rotatable bonds is 0. The molecule has 2 saturated heterocycles. The summed E-state index contributed by atoms with van der Waals surface area (Å²) in [4.78, 5) is 21.8. The van der Waals surface area contributed by atoms with Gasteiger partial charge in [0.1, 0.15) is 6.54 Å². The highest BCUT2D eigenvalue weighted by atomic mass is 16.5. The molecule has 0 N–H and O–H groups in total. The van der Waals surface area contributed by atoms with Crippen LogP contribution in [0.4, 0.5) is 0 Å². The monoisotopic (exact) mass is 154 g/mol. The van der Waals surface area contributed by atoms with Crippen molar-refractivity contribution < 1.29 is 18.6 Å². The molecule has 11 heavy (non-hydrogen) atoms. The van der Waals surface area contributed by atoms with Crippen molar-refractivity contribution in [3.05, 3.63) is 0 Å². The molecular weight excluding hydrogens is 145 g/mol. The fourth-order valence-corrected chi connectivity index (χ4v) is 1.79. The van der Waals surface area contributed by atoms with Gasteiger partial charge in [0.15, 0.2) is 12.3 Å². The lowest BCUT2D eigenvalue weighted by Crippen LogP contribution is -2.47. The standard InChI is InChI=1S/C6H9BNO3/c1-8-3-5(9)2-7(8)11-6(10)4-8/h2-4H2,1H3/q+1. The van der Waals surface area contributed by atoms with Crippen molar-refractivity contribution >= 4 is 18.8 Å². The van der Waals surface area contributed by atoms with Gasteiger partial charge in [0, 0.05) is 0 Å². The number of quaternary nitrogens is 1. The zero-order valence-electron chi connectivity index (χ0n) is 6.37. The lowest BCUT2D eigenvalue weighted by Gasteiger charge is -2.22. The summed E-state index contributed by atoms with van der Waals surface area (Å²) in [5.41, 5.74) is 0. The Bertz CT molecular complexity index is 220. The zero-order chi connectivity index (χ0) is 8.06. The summed E-state index contributed by atoms with van der Waals surface area (Å²) in [6.07, 6.45) is 0.405. The molecule has 2 fully saturated rings. The minimum absolute atomic E-state index is 0.176. The van der Waals surface area contributed by atoms with E-state index in [2.05, 4.69) is 0 Å². The van der Waals surface area contributed by atoms with Gasteiger partial charge in [0.25, 0.3) is 0 Å². The summed E-state index contributed by atoms with van der Waals surface area (Å²) in [5.74, 6) is 0.0231. The molecule has 0 spiro atoms. The molecule has 2 aliphatic rings. The highest BCUT2D eigenvalue weighted by Gasteiger charge is 2.59. The molecule has 58 valence electrons. The van der Waals surface area contributed by atoms with Crippen LogP contribution in [0.2, 0.25) is 6.32 Å². The number of carbonyl (C=O) groups is 2. The molecule has 2 heterocycles. The van der Waals surface area contributed by atoms with Crippen LogP contribution in [0.15, 0.2) is 0 Å². The second-order valence-corrected chi connectivity index (χ2v) is 3.48. The molecule has 4 nitrogen and oxygen atoms in total. The van der Waals surface area contributed by atoms with E-state index < -0.39 is 0 Å². The molecule has 1 unspecified atom stereocenters. The number of hydrogen-bond donors (Lipinski definition) is 0. The van der Waals surface area contributed by atoms with Gasteiger partial charge in [-0.1, -0.05) is 0 Å². The normalized spacial score (nSPS) is 35.9. The van der Waals surface area contributed by atoms with Gasteiger partial charge in [-0.2, -0.15) is 0 Å². The number of nitrogens with zero attached hydrogens (tertiary/aromatic N) is 1. The lowest BCUT2D eigenvalue weighted by molar-refractivity contribution is -0.783. The van der Waals surface area contributed by atoms with Gasteiger partial charge >= 0.3 is 13.0 Å². The first-order chi connectivity index (χ1) is 5.10. The third kappa shape index (κ3) is 0.877. The van der Waals surface area contributed by atoms with Crippen molar-refractivity contribution in [1.82, 2.24) is 0 Å². The van der Waals surface area contributed by atoms with E-state index in [-0.39, 0.29) is 18.8 Å². The summed E-state index contributed by atoms with van der Waals surface area (Å²) in [6.45, 7) is 0.812. The molecule has 0 bridgehead atoms. The van der Waals surface area contributed by atoms with Crippen LogP contribution in [0.1, 0.15) is 0 Å². The Balaban J connectivity index is 2.25. The molecule has 0 aromatic carbocycles. The van der Waals surface area contributed by atoms with Gasteiger partial charge in [0.05, 0.1) is 13.4 Å². The summed E-state index contributed by atoms with van der Waals surface area (Å²) in [6, 6.07) is 0. The molecule has 0 amide bonds. The first kappa shape index (κ1) is 6.85. The molecule has 2 aliphatic heterocycles. The highest BCUT2D eigenvalue weighted by molar-refractivity contribution is 6.54. The van der Waals surface area contributed by atoms with E-state index in [1.165, 1.54) is 0 Å². The number of likely N-dealkylation sites (N-methyl/N-ethyl adjacent to an activating group) is 1.